The average molecular weight is 498 g/mol. The maximum absolute atomic E-state index is 14.2. The first-order valence-corrected chi connectivity index (χ1v) is 13.0. The van der Waals surface area contributed by atoms with Gasteiger partial charge >= 0.3 is 0 Å². The number of aliphatic hydroxyl groups excluding tert-OH is 1. The SMILES string of the molecule is C=CCN(C)C(=O)[C@H]1[C@H]2C(=O)N(CCO)C(C(=O)N(CC=C)Cc3ccccc3)C23CC[C@]1(C)S3. The highest BCUT2D eigenvalue weighted by Gasteiger charge is 2.77. The summed E-state index contributed by atoms with van der Waals surface area (Å²) in [5.41, 5.74) is 0.990. The van der Waals surface area contributed by atoms with Gasteiger partial charge < -0.3 is 19.8 Å². The van der Waals surface area contributed by atoms with Gasteiger partial charge in [-0.3, -0.25) is 14.4 Å². The van der Waals surface area contributed by atoms with E-state index in [1.54, 1.807) is 45.7 Å². The lowest BCUT2D eigenvalue weighted by atomic mass is 9.66. The summed E-state index contributed by atoms with van der Waals surface area (Å²) in [6, 6.07) is 9.00. The molecule has 4 rings (SSSR count). The first-order chi connectivity index (χ1) is 16.7. The van der Waals surface area contributed by atoms with Crippen LogP contribution in [-0.2, 0) is 20.9 Å². The van der Waals surface area contributed by atoms with Crippen molar-refractivity contribution in [1.82, 2.24) is 14.7 Å². The van der Waals surface area contributed by atoms with Crippen LogP contribution in [0.1, 0.15) is 25.3 Å². The zero-order chi connectivity index (χ0) is 25.4. The number of hydrogen-bond donors (Lipinski definition) is 1. The number of carbonyl (C=O) groups is 3. The van der Waals surface area contributed by atoms with Crippen LogP contribution in [0.4, 0.5) is 0 Å². The van der Waals surface area contributed by atoms with E-state index in [-0.39, 0.29) is 30.9 Å². The lowest BCUT2D eigenvalue weighted by Gasteiger charge is -2.37. The van der Waals surface area contributed by atoms with Crippen LogP contribution in [0.2, 0.25) is 0 Å². The van der Waals surface area contributed by atoms with Gasteiger partial charge in [-0.05, 0) is 25.3 Å². The van der Waals surface area contributed by atoms with Gasteiger partial charge in [0.25, 0.3) is 0 Å². The van der Waals surface area contributed by atoms with Gasteiger partial charge in [0.1, 0.15) is 6.04 Å². The number of carbonyl (C=O) groups excluding carboxylic acids is 3. The number of rotatable bonds is 10. The predicted molar refractivity (Wildman–Crippen MR) is 137 cm³/mol. The maximum atomic E-state index is 14.2. The molecule has 3 aliphatic heterocycles. The lowest BCUT2D eigenvalue weighted by Crippen LogP contribution is -2.55. The Labute approximate surface area is 211 Å². The Balaban J connectivity index is 1.73. The zero-order valence-electron chi connectivity index (χ0n) is 20.6. The Morgan fingerprint density at radius 3 is 2.49 bits per heavy atom. The number of fused-ring (bicyclic) bond motifs is 1. The molecule has 0 saturated carbocycles. The molecule has 1 aromatic rings. The minimum atomic E-state index is -0.731. The van der Waals surface area contributed by atoms with Crippen LogP contribution >= 0.6 is 11.8 Å². The minimum absolute atomic E-state index is 0.0709. The molecule has 3 heterocycles. The molecular weight excluding hydrogens is 462 g/mol. The Morgan fingerprint density at radius 2 is 1.86 bits per heavy atom. The first kappa shape index (κ1) is 25.5. The van der Waals surface area contributed by atoms with E-state index in [2.05, 4.69) is 20.1 Å². The monoisotopic (exact) mass is 497 g/mol. The van der Waals surface area contributed by atoms with Gasteiger partial charge in [0.05, 0.1) is 23.2 Å². The molecule has 5 atom stereocenters. The number of nitrogens with zero attached hydrogens (tertiary/aromatic N) is 3. The molecule has 188 valence electrons. The van der Waals surface area contributed by atoms with Gasteiger partial charge in [0, 0.05) is 38.0 Å². The highest BCUT2D eigenvalue weighted by molar-refractivity contribution is 8.02. The molecule has 3 saturated heterocycles. The normalized spacial score (nSPS) is 30.8. The summed E-state index contributed by atoms with van der Waals surface area (Å²) >= 11 is 1.64. The molecular formula is C27H35N3O4S. The second-order valence-electron chi connectivity index (χ2n) is 9.98. The van der Waals surface area contributed by atoms with Crippen LogP contribution in [0.25, 0.3) is 0 Å². The van der Waals surface area contributed by atoms with E-state index in [9.17, 15) is 19.5 Å². The molecule has 3 fully saturated rings. The highest BCUT2D eigenvalue weighted by Crippen LogP contribution is 2.71. The molecule has 2 bridgehead atoms. The third-order valence-corrected chi connectivity index (χ3v) is 9.76. The van der Waals surface area contributed by atoms with Crippen LogP contribution in [-0.4, -0.2) is 86.4 Å². The molecule has 0 radical (unpaired) electrons. The standard InChI is InChI=1S/C27H35N3O4S/c1-5-14-28(4)23(32)20-21-24(33)30(16-17-31)22(27(21)13-12-26(20,3)35-27)25(34)29(15-6-2)18-19-10-8-7-9-11-19/h5-11,20-22,31H,1-2,12-18H2,3-4H3/t20-,21+,22?,26+,27?/m1/s1. The van der Waals surface area contributed by atoms with Crippen molar-refractivity contribution in [3.05, 3.63) is 61.2 Å². The fourth-order valence-electron chi connectivity index (χ4n) is 6.32. The smallest absolute Gasteiger partial charge is 0.247 e. The second-order valence-corrected chi connectivity index (χ2v) is 11.9. The number of aliphatic hydroxyl groups is 1. The summed E-state index contributed by atoms with van der Waals surface area (Å²) < 4.78 is -1.11. The number of likely N-dealkylation sites (N-methyl/N-ethyl adjacent to an activating group) is 1. The van der Waals surface area contributed by atoms with E-state index in [0.717, 1.165) is 12.0 Å². The van der Waals surface area contributed by atoms with Crippen molar-refractivity contribution in [2.75, 3.05) is 33.3 Å². The maximum Gasteiger partial charge on any atom is 0.247 e. The van der Waals surface area contributed by atoms with Gasteiger partial charge in [-0.25, -0.2) is 0 Å². The fourth-order valence-corrected chi connectivity index (χ4v) is 8.66. The van der Waals surface area contributed by atoms with Gasteiger partial charge in [0.15, 0.2) is 0 Å². The van der Waals surface area contributed by atoms with Gasteiger partial charge in [-0.15, -0.1) is 24.9 Å². The van der Waals surface area contributed by atoms with Crippen molar-refractivity contribution in [3.63, 3.8) is 0 Å². The topological polar surface area (TPSA) is 81.2 Å². The van der Waals surface area contributed by atoms with Crippen LogP contribution in [0.5, 0.6) is 0 Å². The molecule has 3 aliphatic rings. The third-order valence-electron chi connectivity index (χ3n) is 7.77. The van der Waals surface area contributed by atoms with Crippen molar-refractivity contribution in [1.29, 1.82) is 0 Å². The average Bonchev–Trinajstić information content (AvgIpc) is 3.40. The second kappa shape index (κ2) is 9.82. The van der Waals surface area contributed by atoms with E-state index in [0.29, 0.717) is 26.1 Å². The number of hydrogen-bond acceptors (Lipinski definition) is 5. The summed E-state index contributed by atoms with van der Waals surface area (Å²) in [5, 5.41) is 9.81. The van der Waals surface area contributed by atoms with Crippen molar-refractivity contribution < 1.29 is 19.5 Å². The Bertz CT molecular complexity index is 1020. The fraction of sp³-hybridized carbons (Fsp3) is 0.519. The van der Waals surface area contributed by atoms with Crippen molar-refractivity contribution >= 4 is 29.5 Å². The molecule has 0 aromatic heterocycles. The molecule has 3 amide bonds. The molecule has 8 heteroatoms. The molecule has 1 aromatic carbocycles. The summed E-state index contributed by atoms with van der Waals surface area (Å²) in [6.45, 7) is 10.6. The number of β-amino-alcohol motifs (C(OH)–C–C–N with tert-alkyl or cyclic N) is 1. The zero-order valence-corrected chi connectivity index (χ0v) is 21.4. The van der Waals surface area contributed by atoms with Crippen molar-refractivity contribution in [3.8, 4) is 0 Å². The summed E-state index contributed by atoms with van der Waals surface area (Å²) in [4.78, 5) is 46.5. The van der Waals surface area contributed by atoms with E-state index in [4.69, 9.17) is 0 Å². The van der Waals surface area contributed by atoms with Gasteiger partial charge in [-0.1, -0.05) is 42.5 Å². The van der Waals surface area contributed by atoms with E-state index >= 15 is 0 Å². The van der Waals surface area contributed by atoms with Gasteiger partial charge in [0.2, 0.25) is 17.7 Å². The molecule has 7 nitrogen and oxygen atoms in total. The predicted octanol–water partition coefficient (Wildman–Crippen LogP) is 2.32. The van der Waals surface area contributed by atoms with Crippen molar-refractivity contribution in [2.45, 2.75) is 41.8 Å². The lowest BCUT2D eigenvalue weighted by molar-refractivity contribution is -0.145. The third kappa shape index (κ3) is 4.10. The largest absolute Gasteiger partial charge is 0.395 e. The molecule has 1 spiro atoms. The molecule has 35 heavy (non-hydrogen) atoms. The summed E-state index contributed by atoms with van der Waals surface area (Å²) in [7, 11) is 1.73. The number of benzene rings is 1. The molecule has 0 aliphatic carbocycles. The summed E-state index contributed by atoms with van der Waals surface area (Å²) in [5.74, 6) is -1.53. The molecule has 1 N–H and O–H groups in total. The Hall–Kier alpha value is -2.58. The van der Waals surface area contributed by atoms with E-state index in [1.165, 1.54) is 0 Å². The van der Waals surface area contributed by atoms with Crippen LogP contribution in [0.15, 0.2) is 55.6 Å². The molecule has 2 unspecified atom stereocenters. The number of thioether (sulfide) groups is 1. The van der Waals surface area contributed by atoms with Crippen molar-refractivity contribution in [2.24, 2.45) is 11.8 Å². The van der Waals surface area contributed by atoms with Crippen LogP contribution in [0, 0.1) is 11.8 Å². The number of likely N-dealkylation sites (tertiary alicyclic amines) is 1. The highest BCUT2D eigenvalue weighted by atomic mass is 32.2. The Kier molecular flexibility index (Phi) is 7.16. The summed E-state index contributed by atoms with van der Waals surface area (Å²) in [6.07, 6.45) is 4.82. The minimum Gasteiger partial charge on any atom is -0.395 e. The van der Waals surface area contributed by atoms with Crippen LogP contribution in [0.3, 0.4) is 0 Å². The van der Waals surface area contributed by atoms with Gasteiger partial charge in [-0.2, -0.15) is 0 Å². The Morgan fingerprint density at radius 1 is 1.17 bits per heavy atom. The van der Waals surface area contributed by atoms with Crippen LogP contribution < -0.4 is 0 Å². The first-order valence-electron chi connectivity index (χ1n) is 12.1. The number of amides is 3. The quantitative estimate of drug-likeness (QED) is 0.502. The van der Waals surface area contributed by atoms with E-state index < -0.39 is 27.4 Å². The van der Waals surface area contributed by atoms with E-state index in [1.807, 2.05) is 30.3 Å².